The van der Waals surface area contributed by atoms with E-state index in [0.29, 0.717) is 29.8 Å². The van der Waals surface area contributed by atoms with E-state index in [1.165, 1.54) is 31.4 Å². The fraction of sp³-hybridized carbons (Fsp3) is 0.552. The van der Waals surface area contributed by atoms with Crippen LogP contribution in [-0.2, 0) is 6.18 Å². The predicted octanol–water partition coefficient (Wildman–Crippen LogP) is 8.90. The third-order valence-electron chi connectivity index (χ3n) is 5.95. The summed E-state index contributed by atoms with van der Waals surface area (Å²) in [6.07, 6.45) is 10.4. The van der Waals surface area contributed by atoms with Crippen molar-refractivity contribution in [3.8, 4) is 0 Å². The summed E-state index contributed by atoms with van der Waals surface area (Å²) in [5.41, 5.74) is 2.75. The fourth-order valence-corrected chi connectivity index (χ4v) is 3.69. The largest absolute Gasteiger partial charge is 0.416 e. The van der Waals surface area contributed by atoms with Crippen LogP contribution in [0.3, 0.4) is 0 Å². The normalized spacial score (nSPS) is 15.6. The quantitative estimate of drug-likeness (QED) is 0.210. The standard InChI is InChI=1S/C29H43F3N2/c1-7-10-12-13-23(5)28(25-15-17-26(18-16-25)29(30,31)32)33-20-19-24(6)34-27(14-11-8-2)21-22(4)9-3/h10,12-13,15-19,22,27,34H,7-9,11,14,20-21H2,1-6H3/b12-10-,23-13+,24-19+,33-28?. The topological polar surface area (TPSA) is 24.4 Å². The number of nitrogens with one attached hydrogen (secondary N) is 1. The van der Waals surface area contributed by atoms with Crippen molar-refractivity contribution in [3.63, 3.8) is 0 Å². The summed E-state index contributed by atoms with van der Waals surface area (Å²) in [5.74, 6) is 0.676. The Kier molecular flexibility index (Phi) is 13.6. The summed E-state index contributed by atoms with van der Waals surface area (Å²) >= 11 is 0. The minimum atomic E-state index is -4.35. The van der Waals surface area contributed by atoms with Crippen LogP contribution < -0.4 is 5.32 Å². The highest BCUT2D eigenvalue weighted by atomic mass is 19.4. The second kappa shape index (κ2) is 15.6. The summed E-state index contributed by atoms with van der Waals surface area (Å²) in [6, 6.07) is 5.70. The first-order chi connectivity index (χ1) is 16.1. The van der Waals surface area contributed by atoms with Crippen molar-refractivity contribution in [1.82, 2.24) is 5.32 Å². The van der Waals surface area contributed by atoms with Gasteiger partial charge in [0.1, 0.15) is 0 Å². The first kappa shape index (κ1) is 29.7. The predicted molar refractivity (Wildman–Crippen MR) is 140 cm³/mol. The number of aliphatic imine (C=N–C) groups is 1. The number of rotatable bonds is 14. The molecule has 0 aliphatic heterocycles. The van der Waals surface area contributed by atoms with Crippen LogP contribution in [0.1, 0.15) is 91.2 Å². The van der Waals surface area contributed by atoms with E-state index in [9.17, 15) is 13.2 Å². The van der Waals surface area contributed by atoms with E-state index in [0.717, 1.165) is 42.7 Å². The Morgan fingerprint density at radius 3 is 2.32 bits per heavy atom. The average molecular weight is 477 g/mol. The Morgan fingerprint density at radius 1 is 1.09 bits per heavy atom. The molecule has 0 spiro atoms. The lowest BCUT2D eigenvalue weighted by Crippen LogP contribution is -2.29. The van der Waals surface area contributed by atoms with Gasteiger partial charge in [0.2, 0.25) is 0 Å². The van der Waals surface area contributed by atoms with Crippen molar-refractivity contribution in [2.45, 2.75) is 92.3 Å². The first-order valence-corrected chi connectivity index (χ1v) is 12.6. The van der Waals surface area contributed by atoms with Crippen molar-refractivity contribution < 1.29 is 13.2 Å². The molecule has 1 aromatic rings. The van der Waals surface area contributed by atoms with E-state index in [1.807, 2.05) is 25.2 Å². The first-order valence-electron chi connectivity index (χ1n) is 12.6. The van der Waals surface area contributed by atoms with Crippen LogP contribution in [0.5, 0.6) is 0 Å². The molecule has 0 radical (unpaired) electrons. The van der Waals surface area contributed by atoms with Crippen molar-refractivity contribution >= 4 is 5.71 Å². The van der Waals surface area contributed by atoms with Crippen LogP contribution in [0.4, 0.5) is 13.2 Å². The molecule has 0 aliphatic rings. The van der Waals surface area contributed by atoms with Crippen molar-refractivity contribution in [1.29, 1.82) is 0 Å². The van der Waals surface area contributed by atoms with Crippen molar-refractivity contribution in [3.05, 3.63) is 71.0 Å². The van der Waals surface area contributed by atoms with Gasteiger partial charge in [-0.2, -0.15) is 13.2 Å². The lowest BCUT2D eigenvalue weighted by atomic mass is 9.95. The molecule has 0 aliphatic carbocycles. The monoisotopic (exact) mass is 476 g/mol. The Morgan fingerprint density at radius 2 is 1.76 bits per heavy atom. The molecule has 2 atom stereocenters. The second-order valence-electron chi connectivity index (χ2n) is 9.07. The third kappa shape index (κ3) is 11.2. The number of nitrogens with zero attached hydrogens (tertiary/aromatic N) is 1. The van der Waals surface area contributed by atoms with E-state index in [-0.39, 0.29) is 0 Å². The van der Waals surface area contributed by atoms with Gasteiger partial charge >= 0.3 is 6.18 Å². The molecule has 0 heterocycles. The number of halogens is 3. The van der Waals surface area contributed by atoms with Gasteiger partial charge in [0.25, 0.3) is 0 Å². The van der Waals surface area contributed by atoms with Gasteiger partial charge in [0, 0.05) is 11.7 Å². The van der Waals surface area contributed by atoms with Gasteiger partial charge < -0.3 is 5.32 Å². The van der Waals surface area contributed by atoms with Crippen LogP contribution in [-0.4, -0.2) is 18.3 Å². The SMILES string of the molecule is CC/C=C\C=C(/C)C(=NC/C=C(\C)NC(CCCC)CC(C)CC)c1ccc(C(F)(F)F)cc1. The summed E-state index contributed by atoms with van der Waals surface area (Å²) in [5, 5.41) is 3.67. The van der Waals surface area contributed by atoms with Gasteiger partial charge in [-0.1, -0.05) is 77.3 Å². The zero-order chi connectivity index (χ0) is 25.6. The summed E-state index contributed by atoms with van der Waals surface area (Å²) < 4.78 is 39.0. The van der Waals surface area contributed by atoms with Gasteiger partial charge in [-0.05, 0) is 68.4 Å². The molecule has 1 rings (SSSR count). The van der Waals surface area contributed by atoms with Gasteiger partial charge in [0.05, 0.1) is 17.8 Å². The molecule has 0 saturated carbocycles. The summed E-state index contributed by atoms with van der Waals surface area (Å²) in [7, 11) is 0. The Bertz CT molecular complexity index is 830. The Hall–Kier alpha value is -2.30. The van der Waals surface area contributed by atoms with E-state index >= 15 is 0 Å². The van der Waals surface area contributed by atoms with E-state index in [4.69, 9.17) is 4.99 Å². The molecule has 1 aromatic carbocycles. The minimum Gasteiger partial charge on any atom is -0.386 e. The molecule has 34 heavy (non-hydrogen) atoms. The lowest BCUT2D eigenvalue weighted by Gasteiger charge is -2.23. The number of hydrogen-bond acceptors (Lipinski definition) is 2. The van der Waals surface area contributed by atoms with Crippen molar-refractivity contribution in [2.24, 2.45) is 10.9 Å². The average Bonchev–Trinajstić information content (AvgIpc) is 2.79. The highest BCUT2D eigenvalue weighted by molar-refractivity contribution is 6.12. The molecule has 1 N–H and O–H groups in total. The molecule has 2 unspecified atom stereocenters. The van der Waals surface area contributed by atoms with Crippen molar-refractivity contribution in [2.75, 3.05) is 6.54 Å². The van der Waals surface area contributed by atoms with Crippen LogP contribution in [0.15, 0.2) is 64.8 Å². The van der Waals surface area contributed by atoms with Gasteiger partial charge in [0.15, 0.2) is 0 Å². The lowest BCUT2D eigenvalue weighted by molar-refractivity contribution is -0.137. The maximum atomic E-state index is 13.0. The molecular weight excluding hydrogens is 433 g/mol. The Labute approximate surface area is 205 Å². The molecule has 5 heteroatoms. The highest BCUT2D eigenvalue weighted by Crippen LogP contribution is 2.29. The molecule has 190 valence electrons. The number of unbranched alkanes of at least 4 members (excludes halogenated alkanes) is 1. The molecular formula is C29H43F3N2. The molecule has 0 fully saturated rings. The zero-order valence-corrected chi connectivity index (χ0v) is 21.8. The van der Waals surface area contributed by atoms with Gasteiger partial charge in [-0.25, -0.2) is 0 Å². The van der Waals surface area contributed by atoms with Crippen LogP contribution in [0.25, 0.3) is 0 Å². The number of hydrogen-bond donors (Lipinski definition) is 1. The van der Waals surface area contributed by atoms with Gasteiger partial charge in [-0.3, -0.25) is 4.99 Å². The van der Waals surface area contributed by atoms with E-state index in [1.54, 1.807) is 0 Å². The second-order valence-corrected chi connectivity index (χ2v) is 9.07. The van der Waals surface area contributed by atoms with E-state index in [2.05, 4.69) is 46.0 Å². The van der Waals surface area contributed by atoms with Crippen LogP contribution in [0.2, 0.25) is 0 Å². The summed E-state index contributed by atoms with van der Waals surface area (Å²) in [6.45, 7) is 13.3. The highest BCUT2D eigenvalue weighted by Gasteiger charge is 2.30. The van der Waals surface area contributed by atoms with Crippen LogP contribution in [0, 0.1) is 5.92 Å². The number of benzene rings is 1. The molecule has 0 aromatic heterocycles. The van der Waals surface area contributed by atoms with E-state index < -0.39 is 11.7 Å². The third-order valence-corrected chi connectivity index (χ3v) is 5.95. The van der Waals surface area contributed by atoms with Gasteiger partial charge in [-0.15, -0.1) is 0 Å². The molecule has 2 nitrogen and oxygen atoms in total. The summed E-state index contributed by atoms with van der Waals surface area (Å²) in [4.78, 5) is 4.77. The number of alkyl halides is 3. The maximum Gasteiger partial charge on any atom is 0.416 e. The number of allylic oxidation sites excluding steroid dienone is 5. The smallest absolute Gasteiger partial charge is 0.386 e. The molecule has 0 amide bonds. The zero-order valence-electron chi connectivity index (χ0n) is 21.8. The maximum absolute atomic E-state index is 13.0. The fourth-order valence-electron chi connectivity index (χ4n) is 3.69. The minimum absolute atomic E-state index is 0.449. The van der Waals surface area contributed by atoms with Crippen LogP contribution >= 0.6 is 0 Å². The Balaban J connectivity index is 3.09. The molecule has 0 saturated heterocycles. The molecule has 0 bridgehead atoms.